The zero-order valence-electron chi connectivity index (χ0n) is 20.2. The van der Waals surface area contributed by atoms with Crippen LogP contribution in [0.2, 0.25) is 0 Å². The Morgan fingerprint density at radius 3 is 2.47 bits per heavy atom. The Balaban J connectivity index is 1.46. The van der Waals surface area contributed by atoms with E-state index in [0.29, 0.717) is 5.16 Å². The van der Waals surface area contributed by atoms with E-state index in [4.69, 9.17) is 20.3 Å². The molecule has 0 spiro atoms. The molecule has 2 aliphatic rings. The van der Waals surface area contributed by atoms with Crippen LogP contribution in [0.25, 0.3) is 6.08 Å². The van der Waals surface area contributed by atoms with E-state index >= 15 is 0 Å². The minimum Gasteiger partial charge on any atom is -0.497 e. The number of hydrogen-bond acceptors (Lipinski definition) is 8. The molecular formula is C26H28N6O3S. The normalized spacial score (nSPS) is 20.2. The van der Waals surface area contributed by atoms with Crippen LogP contribution in [0.15, 0.2) is 64.4 Å². The van der Waals surface area contributed by atoms with Gasteiger partial charge in [0.2, 0.25) is 11.1 Å². The van der Waals surface area contributed by atoms with E-state index in [1.54, 1.807) is 19.2 Å². The van der Waals surface area contributed by atoms with Crippen LogP contribution in [-0.4, -0.2) is 51.8 Å². The number of anilines is 1. The van der Waals surface area contributed by atoms with Crippen molar-refractivity contribution in [1.82, 2.24) is 20.2 Å². The minimum atomic E-state index is -0.184. The van der Waals surface area contributed by atoms with Gasteiger partial charge in [0.15, 0.2) is 0 Å². The highest BCUT2D eigenvalue weighted by Gasteiger charge is 2.43. The summed E-state index contributed by atoms with van der Waals surface area (Å²) in [4.78, 5) is 17.5. The van der Waals surface area contributed by atoms with Crippen molar-refractivity contribution < 1.29 is 14.3 Å². The third-order valence-electron chi connectivity index (χ3n) is 6.48. The average molecular weight is 505 g/mol. The molecule has 2 aromatic carbocycles. The molecule has 186 valence electrons. The van der Waals surface area contributed by atoms with Crippen LogP contribution in [0.1, 0.15) is 36.4 Å². The van der Waals surface area contributed by atoms with Crippen molar-refractivity contribution in [3.8, 4) is 11.5 Å². The molecule has 0 unspecified atom stereocenters. The molecule has 3 N–H and O–H groups in total. The maximum Gasteiger partial charge on any atom is 0.253 e. The number of nitrogens with two attached hydrogens (primary N) is 1. The van der Waals surface area contributed by atoms with Crippen molar-refractivity contribution in [1.29, 1.82) is 0 Å². The first-order chi connectivity index (χ1) is 17.6. The van der Waals surface area contributed by atoms with E-state index in [0.717, 1.165) is 47.6 Å². The number of amides is 1. The molecule has 36 heavy (non-hydrogen) atoms. The number of H-pyrrole nitrogens is 1. The van der Waals surface area contributed by atoms with Crippen LogP contribution >= 0.6 is 11.8 Å². The number of benzene rings is 2. The maximum atomic E-state index is 13.5. The van der Waals surface area contributed by atoms with Gasteiger partial charge in [-0.05, 0) is 66.3 Å². The Hall–Kier alpha value is -3.79. The standard InChI is InChI=1S/C26H28N6O3S/c1-34-19-10-6-16(7-11-19)14-18-4-3-5-21-23(18)31-32(22(33)15-36-26-28-25(27)29-30-26)24(21)17-8-12-20(35-2)13-9-17/h6-14,21,24H,3-5,15H2,1-2H3,(H3,27,28,29,30)/b18-14+/t21-,24+/m1/s1. The molecule has 10 heteroatoms. The number of nitrogen functional groups attached to an aromatic ring is 1. The van der Waals surface area contributed by atoms with Gasteiger partial charge in [-0.25, -0.2) is 10.1 Å². The molecule has 1 amide bonds. The molecule has 2 heterocycles. The first-order valence-corrected chi connectivity index (χ1v) is 12.7. The van der Waals surface area contributed by atoms with Crippen molar-refractivity contribution in [2.75, 3.05) is 25.7 Å². The van der Waals surface area contributed by atoms with E-state index in [1.807, 2.05) is 48.5 Å². The number of thioether (sulfide) groups is 1. The highest BCUT2D eigenvalue weighted by atomic mass is 32.2. The molecule has 9 nitrogen and oxygen atoms in total. The number of nitrogens with zero attached hydrogens (tertiary/aromatic N) is 4. The Kier molecular flexibility index (Phi) is 6.95. The zero-order valence-corrected chi connectivity index (χ0v) is 21.0. The lowest BCUT2D eigenvalue weighted by molar-refractivity contribution is -0.130. The second kappa shape index (κ2) is 10.4. The molecule has 2 atom stereocenters. The number of rotatable bonds is 7. The summed E-state index contributed by atoms with van der Waals surface area (Å²) in [5.74, 6) is 1.99. The second-order valence-electron chi connectivity index (χ2n) is 8.67. The number of nitrogens with one attached hydrogen (secondary N) is 1. The van der Waals surface area contributed by atoms with E-state index in [9.17, 15) is 4.79 Å². The van der Waals surface area contributed by atoms with Gasteiger partial charge in [0, 0.05) is 5.92 Å². The summed E-state index contributed by atoms with van der Waals surface area (Å²) in [6.45, 7) is 0. The van der Waals surface area contributed by atoms with Gasteiger partial charge < -0.3 is 15.2 Å². The fraction of sp³-hybridized carbons (Fsp3) is 0.308. The van der Waals surface area contributed by atoms with E-state index in [1.165, 1.54) is 17.3 Å². The van der Waals surface area contributed by atoms with Crippen molar-refractivity contribution in [3.63, 3.8) is 0 Å². The van der Waals surface area contributed by atoms with Crippen molar-refractivity contribution in [3.05, 3.63) is 65.2 Å². The number of ether oxygens (including phenoxy) is 2. The van der Waals surface area contributed by atoms with Gasteiger partial charge in [0.25, 0.3) is 5.91 Å². The first-order valence-electron chi connectivity index (χ1n) is 11.8. The summed E-state index contributed by atoms with van der Waals surface area (Å²) in [7, 11) is 3.30. The monoisotopic (exact) mass is 504 g/mol. The molecule has 1 aliphatic heterocycles. The average Bonchev–Trinajstić information content (AvgIpc) is 3.52. The van der Waals surface area contributed by atoms with Gasteiger partial charge in [-0.3, -0.25) is 4.79 Å². The third-order valence-corrected chi connectivity index (χ3v) is 7.31. The molecule has 3 aromatic rings. The van der Waals surface area contributed by atoms with Gasteiger partial charge in [-0.15, -0.1) is 5.10 Å². The molecule has 0 radical (unpaired) electrons. The first kappa shape index (κ1) is 23.9. The molecule has 0 saturated heterocycles. The number of fused-ring (bicyclic) bond motifs is 1. The van der Waals surface area contributed by atoms with Gasteiger partial charge >= 0.3 is 0 Å². The molecule has 0 bridgehead atoms. The van der Waals surface area contributed by atoms with E-state index in [2.05, 4.69) is 21.3 Å². The molecular weight excluding hydrogens is 476 g/mol. The Bertz CT molecular complexity index is 1290. The number of allylic oxidation sites excluding steroid dienone is 1. The van der Waals surface area contributed by atoms with E-state index < -0.39 is 0 Å². The van der Waals surface area contributed by atoms with Crippen LogP contribution in [0.5, 0.6) is 11.5 Å². The predicted octanol–water partition coefficient (Wildman–Crippen LogP) is 4.32. The molecule has 1 aromatic heterocycles. The summed E-state index contributed by atoms with van der Waals surface area (Å²) in [6, 6.07) is 15.7. The van der Waals surface area contributed by atoms with Crippen LogP contribution < -0.4 is 15.2 Å². The number of carbonyl (C=O) groups is 1. The van der Waals surface area contributed by atoms with Crippen LogP contribution in [0, 0.1) is 5.92 Å². The molecule has 1 aliphatic carbocycles. The minimum absolute atomic E-state index is 0.102. The highest BCUT2D eigenvalue weighted by molar-refractivity contribution is 7.99. The second-order valence-corrected chi connectivity index (χ2v) is 9.62. The summed E-state index contributed by atoms with van der Waals surface area (Å²) in [5.41, 5.74) is 9.88. The number of aromatic nitrogens is 3. The summed E-state index contributed by atoms with van der Waals surface area (Å²) in [5, 5.41) is 13.6. The number of aromatic amines is 1. The van der Waals surface area contributed by atoms with Gasteiger partial charge in [0.05, 0.1) is 31.7 Å². The van der Waals surface area contributed by atoms with Crippen LogP contribution in [0.4, 0.5) is 5.95 Å². The van der Waals surface area contributed by atoms with E-state index in [-0.39, 0.29) is 29.6 Å². The Labute approximate surface area is 213 Å². The number of methoxy groups -OCH3 is 2. The summed E-state index contributed by atoms with van der Waals surface area (Å²) < 4.78 is 10.6. The highest BCUT2D eigenvalue weighted by Crippen LogP contribution is 2.45. The fourth-order valence-electron chi connectivity index (χ4n) is 4.76. The van der Waals surface area contributed by atoms with Crippen LogP contribution in [0.3, 0.4) is 0 Å². The largest absolute Gasteiger partial charge is 0.497 e. The zero-order chi connectivity index (χ0) is 25.1. The number of hydrazone groups is 1. The summed E-state index contributed by atoms with van der Waals surface area (Å²) >= 11 is 1.24. The quantitative estimate of drug-likeness (QED) is 0.460. The Morgan fingerprint density at radius 2 is 1.83 bits per heavy atom. The Morgan fingerprint density at radius 1 is 1.14 bits per heavy atom. The van der Waals surface area contributed by atoms with Gasteiger partial charge in [-0.1, -0.05) is 36.0 Å². The van der Waals surface area contributed by atoms with Crippen molar-refractivity contribution >= 4 is 35.4 Å². The predicted molar refractivity (Wildman–Crippen MR) is 140 cm³/mol. The maximum absolute atomic E-state index is 13.5. The third kappa shape index (κ3) is 4.94. The van der Waals surface area contributed by atoms with Gasteiger partial charge in [-0.2, -0.15) is 10.1 Å². The molecule has 1 fully saturated rings. The fourth-order valence-corrected chi connectivity index (χ4v) is 5.42. The lowest BCUT2D eigenvalue weighted by Crippen LogP contribution is -2.32. The van der Waals surface area contributed by atoms with Gasteiger partial charge in [0.1, 0.15) is 11.5 Å². The summed E-state index contributed by atoms with van der Waals surface area (Å²) in [6.07, 6.45) is 5.09. The lowest BCUT2D eigenvalue weighted by atomic mass is 9.77. The topological polar surface area (TPSA) is 119 Å². The van der Waals surface area contributed by atoms with Crippen molar-refractivity contribution in [2.24, 2.45) is 11.0 Å². The number of hydrogen-bond donors (Lipinski definition) is 2. The van der Waals surface area contributed by atoms with Crippen molar-refractivity contribution in [2.45, 2.75) is 30.5 Å². The smallest absolute Gasteiger partial charge is 0.253 e. The number of carbonyl (C=O) groups excluding carboxylic acids is 1. The van der Waals surface area contributed by atoms with Crippen LogP contribution in [-0.2, 0) is 4.79 Å². The molecule has 1 saturated carbocycles. The molecule has 5 rings (SSSR count). The SMILES string of the molecule is COc1ccc(/C=C2\CCC[C@@H]3C2=NN(C(=O)CSc2n[nH]c(N)n2)[C@H]3c2ccc(OC)cc2)cc1. The lowest BCUT2D eigenvalue weighted by Gasteiger charge is -2.29.